The lowest BCUT2D eigenvalue weighted by atomic mass is 9.99. The van der Waals surface area contributed by atoms with Crippen molar-refractivity contribution in [3.8, 4) is 11.1 Å². The van der Waals surface area contributed by atoms with Crippen LogP contribution in [0.5, 0.6) is 0 Å². The normalized spacial score (nSPS) is 11.8. The molecule has 0 fully saturated rings. The second-order valence-corrected chi connectivity index (χ2v) is 12.4. The standard InChI is InChI=1S/C28H36N4O6S/c1-18(2)16-21-12-14-22(15-13-21)23-10-8-9-11-24(23)39(35,36)32(26-19(3)20(4)31-38-26)30-25(33)17-29-27(34)37-28(5,6)7/h8-15,18H,16-17H2,1-7H3,(H,29,34)(H,30,33). The van der Waals surface area contributed by atoms with Crippen LogP contribution in [0.25, 0.3) is 11.1 Å². The third-order valence-corrected chi connectivity index (χ3v) is 7.30. The number of hydrazine groups is 1. The van der Waals surface area contributed by atoms with Crippen LogP contribution in [0.2, 0.25) is 0 Å². The molecule has 0 saturated heterocycles. The summed E-state index contributed by atoms with van der Waals surface area (Å²) in [5.74, 6) is -0.493. The minimum atomic E-state index is -4.41. The molecule has 10 nitrogen and oxygen atoms in total. The Morgan fingerprint density at radius 2 is 1.69 bits per heavy atom. The molecule has 0 aliphatic heterocycles. The Balaban J connectivity index is 1.97. The third kappa shape index (κ3) is 7.60. The molecule has 0 spiro atoms. The predicted octanol–water partition coefficient (Wildman–Crippen LogP) is 4.91. The van der Waals surface area contributed by atoms with E-state index < -0.39 is 34.2 Å². The first-order chi connectivity index (χ1) is 18.2. The molecule has 210 valence electrons. The molecule has 0 aliphatic carbocycles. The summed E-state index contributed by atoms with van der Waals surface area (Å²) in [6.07, 6.45) is 0.0894. The zero-order valence-electron chi connectivity index (χ0n) is 23.4. The van der Waals surface area contributed by atoms with Crippen molar-refractivity contribution < 1.29 is 27.3 Å². The largest absolute Gasteiger partial charge is 0.444 e. The maximum Gasteiger partial charge on any atom is 0.408 e. The summed E-state index contributed by atoms with van der Waals surface area (Å²) in [5.41, 5.74) is 4.78. The molecule has 1 heterocycles. The molecule has 0 unspecified atom stereocenters. The zero-order chi connectivity index (χ0) is 29.0. The number of nitrogens with zero attached hydrogens (tertiary/aromatic N) is 2. The van der Waals surface area contributed by atoms with Gasteiger partial charge in [0.2, 0.25) is 0 Å². The van der Waals surface area contributed by atoms with Gasteiger partial charge in [0.15, 0.2) is 0 Å². The van der Waals surface area contributed by atoms with Gasteiger partial charge in [-0.25, -0.2) is 10.2 Å². The van der Waals surface area contributed by atoms with Crippen LogP contribution in [0.1, 0.15) is 51.4 Å². The molecule has 1 aromatic heterocycles. The van der Waals surface area contributed by atoms with E-state index in [9.17, 15) is 18.0 Å². The van der Waals surface area contributed by atoms with Gasteiger partial charge in [0.05, 0.1) is 10.6 Å². The summed E-state index contributed by atoms with van der Waals surface area (Å²) in [6.45, 7) is 12.1. The number of carbonyl (C=O) groups excluding carboxylic acids is 2. The van der Waals surface area contributed by atoms with E-state index in [4.69, 9.17) is 9.26 Å². The minimum Gasteiger partial charge on any atom is -0.444 e. The lowest BCUT2D eigenvalue weighted by Gasteiger charge is -2.24. The summed E-state index contributed by atoms with van der Waals surface area (Å²) in [7, 11) is -4.41. The highest BCUT2D eigenvalue weighted by molar-refractivity contribution is 7.92. The highest BCUT2D eigenvalue weighted by Crippen LogP contribution is 2.33. The van der Waals surface area contributed by atoms with Crippen LogP contribution in [0, 0.1) is 19.8 Å². The summed E-state index contributed by atoms with van der Waals surface area (Å²) in [4.78, 5) is 24.8. The Morgan fingerprint density at radius 1 is 1.05 bits per heavy atom. The van der Waals surface area contributed by atoms with Gasteiger partial charge in [-0.05, 0) is 64.2 Å². The average molecular weight is 557 g/mol. The Morgan fingerprint density at radius 3 is 2.26 bits per heavy atom. The van der Waals surface area contributed by atoms with Gasteiger partial charge >= 0.3 is 6.09 Å². The van der Waals surface area contributed by atoms with Crippen LogP contribution in [-0.2, 0) is 26.0 Å². The highest BCUT2D eigenvalue weighted by atomic mass is 32.2. The van der Waals surface area contributed by atoms with E-state index in [0.717, 1.165) is 12.0 Å². The lowest BCUT2D eigenvalue weighted by molar-refractivity contribution is -0.120. The number of hydrogen-bond donors (Lipinski definition) is 2. The van der Waals surface area contributed by atoms with Gasteiger partial charge in [-0.2, -0.15) is 8.42 Å². The summed E-state index contributed by atoms with van der Waals surface area (Å²) < 4.78 is 39.3. The number of alkyl carbamates (subject to hydrolysis) is 1. The quantitative estimate of drug-likeness (QED) is 0.358. The third-order valence-electron chi connectivity index (χ3n) is 5.65. The Hall–Kier alpha value is -3.86. The van der Waals surface area contributed by atoms with Gasteiger partial charge in [-0.1, -0.05) is 61.5 Å². The molecule has 2 amide bonds. The molecular weight excluding hydrogens is 520 g/mol. The maximum atomic E-state index is 14.1. The smallest absolute Gasteiger partial charge is 0.408 e. The van der Waals surface area contributed by atoms with Crippen molar-refractivity contribution in [3.63, 3.8) is 0 Å². The van der Waals surface area contributed by atoms with Crippen LogP contribution in [0.15, 0.2) is 57.9 Å². The number of carbonyl (C=O) groups is 2. The van der Waals surface area contributed by atoms with Crippen molar-refractivity contribution in [3.05, 3.63) is 65.4 Å². The molecule has 3 rings (SSSR count). The van der Waals surface area contributed by atoms with E-state index >= 15 is 0 Å². The zero-order valence-corrected chi connectivity index (χ0v) is 24.2. The Bertz CT molecular complexity index is 1420. The van der Waals surface area contributed by atoms with E-state index in [1.165, 1.54) is 6.07 Å². The van der Waals surface area contributed by atoms with Crippen LogP contribution >= 0.6 is 0 Å². The number of aryl methyl sites for hydroxylation is 1. The van der Waals surface area contributed by atoms with Crippen LogP contribution in [-0.4, -0.2) is 37.7 Å². The topological polar surface area (TPSA) is 131 Å². The monoisotopic (exact) mass is 556 g/mol. The molecule has 0 bridgehead atoms. The molecule has 11 heteroatoms. The lowest BCUT2D eigenvalue weighted by Crippen LogP contribution is -2.50. The number of ether oxygens (including phenoxy) is 1. The van der Waals surface area contributed by atoms with Crippen molar-refractivity contribution in [2.24, 2.45) is 5.92 Å². The van der Waals surface area contributed by atoms with Gasteiger partial charge < -0.3 is 14.6 Å². The predicted molar refractivity (Wildman–Crippen MR) is 148 cm³/mol. The van der Waals surface area contributed by atoms with Gasteiger partial charge in [-0.15, -0.1) is 4.41 Å². The average Bonchev–Trinajstić information content (AvgIpc) is 3.18. The first-order valence-electron chi connectivity index (χ1n) is 12.6. The van der Waals surface area contributed by atoms with Gasteiger partial charge in [-0.3, -0.25) is 4.79 Å². The second kappa shape index (κ2) is 11.9. The van der Waals surface area contributed by atoms with Gasteiger partial charge in [0.1, 0.15) is 12.1 Å². The molecule has 39 heavy (non-hydrogen) atoms. The fourth-order valence-electron chi connectivity index (χ4n) is 3.75. The first-order valence-corrected chi connectivity index (χ1v) is 14.1. The van der Waals surface area contributed by atoms with Crippen molar-refractivity contribution in [2.45, 2.75) is 65.4 Å². The number of hydrogen-bond acceptors (Lipinski definition) is 7. The Kier molecular flexibility index (Phi) is 9.06. The fourth-order valence-corrected chi connectivity index (χ4v) is 5.27. The highest BCUT2D eigenvalue weighted by Gasteiger charge is 2.34. The van der Waals surface area contributed by atoms with E-state index in [1.807, 2.05) is 24.3 Å². The first kappa shape index (κ1) is 29.7. The number of nitrogens with one attached hydrogen (secondary N) is 2. The van der Waals surface area contributed by atoms with Crippen molar-refractivity contribution in [1.29, 1.82) is 0 Å². The molecule has 0 aliphatic rings. The van der Waals surface area contributed by atoms with E-state index in [0.29, 0.717) is 32.7 Å². The number of amides is 2. The molecule has 0 radical (unpaired) electrons. The van der Waals surface area contributed by atoms with Crippen molar-refractivity contribution >= 4 is 27.9 Å². The Labute approximate surface area is 229 Å². The summed E-state index contributed by atoms with van der Waals surface area (Å²) in [6, 6.07) is 14.2. The number of anilines is 1. The molecule has 3 aromatic rings. The second-order valence-electron chi connectivity index (χ2n) is 10.6. The summed E-state index contributed by atoms with van der Waals surface area (Å²) in [5, 5.41) is 6.18. The SMILES string of the molecule is Cc1noc(N(NC(=O)CNC(=O)OC(C)(C)C)S(=O)(=O)c2ccccc2-c2ccc(CC(C)C)cc2)c1C. The number of benzene rings is 2. The molecule has 2 aromatic carbocycles. The number of aromatic nitrogens is 1. The van der Waals surface area contributed by atoms with Crippen LogP contribution in [0.4, 0.5) is 10.7 Å². The van der Waals surface area contributed by atoms with E-state index in [1.54, 1.807) is 52.8 Å². The molecule has 2 N–H and O–H groups in total. The van der Waals surface area contributed by atoms with Crippen LogP contribution < -0.4 is 15.2 Å². The molecule has 0 atom stereocenters. The minimum absolute atomic E-state index is 0.0459. The number of rotatable bonds is 9. The maximum absolute atomic E-state index is 14.1. The molecule has 0 saturated carbocycles. The van der Waals surface area contributed by atoms with Gasteiger partial charge in [0.25, 0.3) is 21.8 Å². The van der Waals surface area contributed by atoms with Gasteiger partial charge in [0, 0.05) is 11.1 Å². The molecular formula is C28H36N4O6S. The van der Waals surface area contributed by atoms with Crippen LogP contribution in [0.3, 0.4) is 0 Å². The number of sulfonamides is 1. The van der Waals surface area contributed by atoms with E-state index in [-0.39, 0.29) is 10.8 Å². The summed E-state index contributed by atoms with van der Waals surface area (Å²) >= 11 is 0. The van der Waals surface area contributed by atoms with Crippen molar-refractivity contribution in [1.82, 2.24) is 15.9 Å². The fraction of sp³-hybridized carbons (Fsp3) is 0.393. The van der Waals surface area contributed by atoms with Crippen molar-refractivity contribution in [2.75, 3.05) is 11.0 Å². The van der Waals surface area contributed by atoms with E-state index in [2.05, 4.69) is 29.7 Å².